The zero-order chi connectivity index (χ0) is 20.9. The number of methoxy groups -OCH3 is 1. The van der Waals surface area contributed by atoms with E-state index < -0.39 is 0 Å². The summed E-state index contributed by atoms with van der Waals surface area (Å²) in [5.74, 6) is 0.644. The zero-order valence-electron chi connectivity index (χ0n) is 17.4. The molecule has 0 saturated carbocycles. The maximum absolute atomic E-state index is 13.2. The van der Waals surface area contributed by atoms with E-state index in [2.05, 4.69) is 20.7 Å². The van der Waals surface area contributed by atoms with E-state index in [-0.39, 0.29) is 17.7 Å². The lowest BCUT2D eigenvalue weighted by Gasteiger charge is -2.32. The van der Waals surface area contributed by atoms with Crippen molar-refractivity contribution in [2.24, 2.45) is 0 Å². The Kier molecular flexibility index (Phi) is 6.47. The third kappa shape index (κ3) is 4.26. The van der Waals surface area contributed by atoms with Crippen molar-refractivity contribution < 1.29 is 18.8 Å². The molecule has 162 valence electrons. The third-order valence-electron chi connectivity index (χ3n) is 6.02. The molecule has 2 aromatic rings. The first-order chi connectivity index (χ1) is 14.7. The Balaban J connectivity index is 1.47. The predicted octanol–water partition coefficient (Wildman–Crippen LogP) is 2.06. The van der Waals surface area contributed by atoms with Crippen molar-refractivity contribution in [3.63, 3.8) is 0 Å². The lowest BCUT2D eigenvalue weighted by molar-refractivity contribution is 0.0694. The second-order valence-corrected chi connectivity index (χ2v) is 8.03. The summed E-state index contributed by atoms with van der Waals surface area (Å²) in [6.07, 6.45) is 8.30. The van der Waals surface area contributed by atoms with Crippen LogP contribution >= 0.6 is 0 Å². The molecule has 2 aromatic heterocycles. The monoisotopic (exact) mass is 415 g/mol. The van der Waals surface area contributed by atoms with E-state index in [1.807, 2.05) is 4.90 Å². The van der Waals surface area contributed by atoms with Gasteiger partial charge in [-0.25, -0.2) is 0 Å². The molecule has 1 aliphatic heterocycles. The molecule has 30 heavy (non-hydrogen) atoms. The van der Waals surface area contributed by atoms with E-state index in [1.165, 1.54) is 0 Å². The van der Waals surface area contributed by atoms with E-state index in [0.29, 0.717) is 37.5 Å². The number of hydrogen-bond acceptors (Lipinski definition) is 6. The van der Waals surface area contributed by atoms with Crippen molar-refractivity contribution >= 4 is 11.8 Å². The highest BCUT2D eigenvalue weighted by Gasteiger charge is 2.32. The predicted molar refractivity (Wildman–Crippen MR) is 108 cm³/mol. The van der Waals surface area contributed by atoms with Crippen LogP contribution in [0.15, 0.2) is 10.7 Å². The van der Waals surface area contributed by atoms with Crippen LogP contribution in [-0.4, -0.2) is 65.4 Å². The first-order valence-electron chi connectivity index (χ1n) is 10.8. The van der Waals surface area contributed by atoms with Crippen LogP contribution in [0.4, 0.5) is 0 Å². The second kappa shape index (κ2) is 9.42. The number of piperidine rings is 1. The van der Waals surface area contributed by atoms with E-state index >= 15 is 0 Å². The molecule has 4 rings (SSSR count). The van der Waals surface area contributed by atoms with E-state index in [9.17, 15) is 9.59 Å². The van der Waals surface area contributed by atoms with Crippen molar-refractivity contribution in [3.8, 4) is 0 Å². The molecule has 0 spiro atoms. The van der Waals surface area contributed by atoms with Crippen LogP contribution in [0.25, 0.3) is 0 Å². The topological polar surface area (TPSA) is 113 Å². The highest BCUT2D eigenvalue weighted by atomic mass is 16.5. The number of carbonyl (C=O) groups excluding carboxylic acids is 2. The summed E-state index contributed by atoms with van der Waals surface area (Å²) in [5, 5.41) is 14.0. The number of hydrogen-bond donors (Lipinski definition) is 2. The minimum Gasteiger partial charge on any atom is -0.383 e. The number of likely N-dealkylation sites (tertiary alicyclic amines) is 1. The van der Waals surface area contributed by atoms with Gasteiger partial charge in [-0.3, -0.25) is 14.7 Å². The molecule has 2 N–H and O–H groups in total. The average Bonchev–Trinajstić information content (AvgIpc) is 3.35. The third-order valence-corrected chi connectivity index (χ3v) is 6.02. The van der Waals surface area contributed by atoms with Gasteiger partial charge < -0.3 is 19.5 Å². The summed E-state index contributed by atoms with van der Waals surface area (Å²) in [6, 6.07) is 0. The lowest BCUT2D eigenvalue weighted by atomic mass is 9.92. The number of amides is 2. The minimum atomic E-state index is -0.180. The summed E-state index contributed by atoms with van der Waals surface area (Å²) in [6.45, 7) is 2.10. The Labute approximate surface area is 175 Å². The van der Waals surface area contributed by atoms with Gasteiger partial charge >= 0.3 is 0 Å². The molecule has 3 heterocycles. The number of H-pyrrole nitrogens is 1. The molecular weight excluding hydrogens is 386 g/mol. The number of rotatable bonds is 6. The van der Waals surface area contributed by atoms with E-state index in [1.54, 1.807) is 13.3 Å². The number of carbonyl (C=O) groups is 2. The molecule has 2 amide bonds. The molecule has 1 aliphatic carbocycles. The number of aromatic nitrogens is 3. The Bertz CT molecular complexity index is 890. The molecular formula is C21H29N5O4. The number of nitrogens with zero attached hydrogens (tertiary/aromatic N) is 3. The number of aromatic amines is 1. The van der Waals surface area contributed by atoms with Crippen molar-refractivity contribution in [2.45, 2.75) is 50.9 Å². The molecule has 9 nitrogen and oxygen atoms in total. The Morgan fingerprint density at radius 2 is 2.17 bits per heavy atom. The molecule has 0 radical (unpaired) electrons. The Hall–Kier alpha value is -2.68. The minimum absolute atomic E-state index is 0.0267. The van der Waals surface area contributed by atoms with Crippen LogP contribution in [0, 0.1) is 0 Å². The number of ether oxygens (including phenoxy) is 1. The van der Waals surface area contributed by atoms with Gasteiger partial charge in [-0.15, -0.1) is 0 Å². The largest absolute Gasteiger partial charge is 0.383 e. The fourth-order valence-corrected chi connectivity index (χ4v) is 4.43. The molecule has 0 aromatic carbocycles. The van der Waals surface area contributed by atoms with Gasteiger partial charge in [0.25, 0.3) is 11.8 Å². The summed E-state index contributed by atoms with van der Waals surface area (Å²) in [4.78, 5) is 27.6. The summed E-state index contributed by atoms with van der Waals surface area (Å²) in [5.41, 5.74) is 2.76. The van der Waals surface area contributed by atoms with Gasteiger partial charge in [-0.2, -0.15) is 5.10 Å². The van der Waals surface area contributed by atoms with Crippen LogP contribution in [0.5, 0.6) is 0 Å². The molecule has 1 fully saturated rings. The van der Waals surface area contributed by atoms with Gasteiger partial charge in [-0.05, 0) is 32.1 Å². The van der Waals surface area contributed by atoms with E-state index in [0.717, 1.165) is 62.0 Å². The van der Waals surface area contributed by atoms with Crippen LogP contribution in [0.3, 0.4) is 0 Å². The van der Waals surface area contributed by atoms with Crippen molar-refractivity contribution in [1.29, 1.82) is 0 Å². The molecule has 1 atom stereocenters. The smallest absolute Gasteiger partial charge is 0.276 e. The highest BCUT2D eigenvalue weighted by Crippen LogP contribution is 2.30. The van der Waals surface area contributed by atoms with Gasteiger partial charge in [0, 0.05) is 44.6 Å². The van der Waals surface area contributed by atoms with Gasteiger partial charge in [-0.1, -0.05) is 11.6 Å². The quantitative estimate of drug-likeness (QED) is 0.552. The fraction of sp³-hybridized carbons (Fsp3) is 0.619. The number of nitrogens with one attached hydrogen (secondary N) is 2. The Morgan fingerprint density at radius 3 is 3.03 bits per heavy atom. The molecule has 1 unspecified atom stereocenters. The van der Waals surface area contributed by atoms with Crippen LogP contribution in [-0.2, 0) is 17.6 Å². The molecule has 0 bridgehead atoms. The standard InChI is InChI=1S/C21H29N5O4/c1-29-11-9-22-20(27)16-12-23-24-18(16)14-6-5-10-26(13-14)21(28)19-15-7-3-2-4-8-17(15)30-25-19/h12,14H,2-11,13H2,1H3,(H,22,27)(H,23,24). The highest BCUT2D eigenvalue weighted by molar-refractivity contribution is 5.95. The molecule has 9 heteroatoms. The molecule has 2 aliphatic rings. The molecule has 1 saturated heterocycles. The average molecular weight is 415 g/mol. The van der Waals surface area contributed by atoms with Gasteiger partial charge in [0.05, 0.1) is 24.1 Å². The second-order valence-electron chi connectivity index (χ2n) is 8.03. The maximum Gasteiger partial charge on any atom is 0.276 e. The van der Waals surface area contributed by atoms with Crippen LogP contribution in [0.2, 0.25) is 0 Å². The van der Waals surface area contributed by atoms with Crippen LogP contribution < -0.4 is 5.32 Å². The van der Waals surface area contributed by atoms with Gasteiger partial charge in [0.2, 0.25) is 0 Å². The Morgan fingerprint density at radius 1 is 1.30 bits per heavy atom. The first kappa shape index (κ1) is 20.6. The van der Waals surface area contributed by atoms with Crippen molar-refractivity contribution in [3.05, 3.63) is 34.5 Å². The lowest BCUT2D eigenvalue weighted by Crippen LogP contribution is -2.40. The van der Waals surface area contributed by atoms with Crippen molar-refractivity contribution in [1.82, 2.24) is 25.6 Å². The summed E-state index contributed by atoms with van der Waals surface area (Å²) in [7, 11) is 1.59. The zero-order valence-corrected chi connectivity index (χ0v) is 17.4. The SMILES string of the molecule is COCCNC(=O)c1cn[nH]c1C1CCCN(C(=O)c2noc3c2CCCCC3)C1. The maximum atomic E-state index is 13.2. The summed E-state index contributed by atoms with van der Waals surface area (Å²) < 4.78 is 10.5. The fourth-order valence-electron chi connectivity index (χ4n) is 4.43. The van der Waals surface area contributed by atoms with Crippen molar-refractivity contribution in [2.75, 3.05) is 33.4 Å². The van der Waals surface area contributed by atoms with Gasteiger partial charge in [0.15, 0.2) is 5.69 Å². The number of aryl methyl sites for hydroxylation is 1. The first-order valence-corrected chi connectivity index (χ1v) is 10.8. The van der Waals surface area contributed by atoms with Gasteiger partial charge in [0.1, 0.15) is 5.76 Å². The summed E-state index contributed by atoms with van der Waals surface area (Å²) >= 11 is 0. The normalized spacial score (nSPS) is 19.2. The van der Waals surface area contributed by atoms with Crippen LogP contribution in [0.1, 0.15) is 75.9 Å². The van der Waals surface area contributed by atoms with E-state index in [4.69, 9.17) is 9.26 Å². The number of fused-ring (bicyclic) bond motifs is 1.